The molecule has 0 radical (unpaired) electrons. The predicted molar refractivity (Wildman–Crippen MR) is 74.0 cm³/mol. The van der Waals surface area contributed by atoms with E-state index in [2.05, 4.69) is 30.0 Å². The molecule has 0 unspecified atom stereocenters. The van der Waals surface area contributed by atoms with Crippen LogP contribution in [0.15, 0.2) is 18.2 Å². The number of hydrogen-bond acceptors (Lipinski definition) is 1. The first-order valence-corrected chi connectivity index (χ1v) is 6.26. The third-order valence-electron chi connectivity index (χ3n) is 3.26. The van der Waals surface area contributed by atoms with Gasteiger partial charge in [0, 0.05) is 24.7 Å². The molecule has 1 aliphatic heterocycles. The Hall–Kier alpha value is -0.400. The molecule has 0 spiro atoms. The first-order valence-electron chi connectivity index (χ1n) is 5.72. The minimum absolute atomic E-state index is 0. The molecule has 0 N–H and O–H groups in total. The van der Waals surface area contributed by atoms with Gasteiger partial charge in [0.1, 0.15) is 0 Å². The van der Waals surface area contributed by atoms with Gasteiger partial charge in [0.25, 0.3) is 0 Å². The molecule has 3 heteroatoms. The maximum Gasteiger partial charge on any atom is 0.0477 e. The van der Waals surface area contributed by atoms with E-state index in [1.165, 1.54) is 49.2 Å². The highest BCUT2D eigenvalue weighted by atomic mass is 35.5. The lowest BCUT2D eigenvalue weighted by Gasteiger charge is -2.30. The van der Waals surface area contributed by atoms with Gasteiger partial charge in [-0.3, -0.25) is 0 Å². The van der Waals surface area contributed by atoms with E-state index in [0.29, 0.717) is 5.88 Å². The van der Waals surface area contributed by atoms with Gasteiger partial charge in [0.05, 0.1) is 0 Å². The summed E-state index contributed by atoms with van der Waals surface area (Å²) >= 11 is 5.92. The Morgan fingerprint density at radius 3 is 2.50 bits per heavy atom. The van der Waals surface area contributed by atoms with Crippen LogP contribution in [0.25, 0.3) is 0 Å². The highest BCUT2D eigenvalue weighted by Gasteiger charge is 2.13. The average molecular weight is 260 g/mol. The summed E-state index contributed by atoms with van der Waals surface area (Å²) in [6, 6.07) is 6.46. The molecule has 0 saturated carbocycles. The molecule has 2 rings (SSSR count). The second-order valence-electron chi connectivity index (χ2n) is 4.24. The number of piperidine rings is 1. The van der Waals surface area contributed by atoms with Gasteiger partial charge in [-0.1, -0.05) is 12.1 Å². The van der Waals surface area contributed by atoms with Crippen LogP contribution in [0.2, 0.25) is 0 Å². The van der Waals surface area contributed by atoms with E-state index in [1.54, 1.807) is 0 Å². The van der Waals surface area contributed by atoms with Crippen molar-refractivity contribution < 1.29 is 0 Å². The van der Waals surface area contributed by atoms with E-state index in [0.717, 1.165) is 0 Å². The molecule has 1 aromatic carbocycles. The Kier molecular flexibility index (Phi) is 5.43. The summed E-state index contributed by atoms with van der Waals surface area (Å²) in [7, 11) is 0. The minimum Gasteiger partial charge on any atom is -0.371 e. The summed E-state index contributed by atoms with van der Waals surface area (Å²) in [6.07, 6.45) is 4.03. The van der Waals surface area contributed by atoms with E-state index in [9.17, 15) is 0 Å². The maximum absolute atomic E-state index is 5.92. The molecule has 1 aromatic rings. The van der Waals surface area contributed by atoms with Crippen LogP contribution < -0.4 is 4.90 Å². The Morgan fingerprint density at radius 1 is 1.19 bits per heavy atom. The molecule has 16 heavy (non-hydrogen) atoms. The number of nitrogens with zero attached hydrogens (tertiary/aromatic N) is 1. The maximum atomic E-state index is 5.92. The minimum atomic E-state index is 0. The third kappa shape index (κ3) is 2.83. The molecule has 1 fully saturated rings. The van der Waals surface area contributed by atoms with Crippen LogP contribution >= 0.6 is 24.0 Å². The standard InChI is InChI=1S/C13H18ClN.ClH/c1-11-12(10-14)6-5-7-13(11)15-8-3-2-4-9-15;/h5-7H,2-4,8-10H2,1H3;1H. The molecule has 1 saturated heterocycles. The second-order valence-corrected chi connectivity index (χ2v) is 4.51. The van der Waals surface area contributed by atoms with E-state index in [4.69, 9.17) is 11.6 Å². The van der Waals surface area contributed by atoms with Crippen molar-refractivity contribution in [2.45, 2.75) is 32.1 Å². The van der Waals surface area contributed by atoms with Crippen LogP contribution in [0.5, 0.6) is 0 Å². The van der Waals surface area contributed by atoms with E-state index < -0.39 is 0 Å². The number of halogens is 2. The molecule has 0 aromatic heterocycles. The van der Waals surface area contributed by atoms with Gasteiger partial charge < -0.3 is 4.90 Å². The monoisotopic (exact) mass is 259 g/mol. The summed E-state index contributed by atoms with van der Waals surface area (Å²) in [4.78, 5) is 2.49. The summed E-state index contributed by atoms with van der Waals surface area (Å²) in [5.74, 6) is 0.619. The number of anilines is 1. The van der Waals surface area contributed by atoms with Crippen molar-refractivity contribution in [1.82, 2.24) is 0 Å². The zero-order valence-electron chi connectivity index (χ0n) is 9.71. The fraction of sp³-hybridized carbons (Fsp3) is 0.538. The Bertz CT molecular complexity index is 333. The van der Waals surface area contributed by atoms with Crippen molar-refractivity contribution in [2.75, 3.05) is 18.0 Å². The molecule has 0 aliphatic carbocycles. The molecule has 0 atom stereocenters. The Morgan fingerprint density at radius 2 is 1.88 bits per heavy atom. The second kappa shape index (κ2) is 6.36. The van der Waals surface area contributed by atoms with Crippen LogP contribution in [-0.4, -0.2) is 13.1 Å². The van der Waals surface area contributed by atoms with Crippen molar-refractivity contribution >= 4 is 29.7 Å². The molecular weight excluding hydrogens is 241 g/mol. The highest BCUT2D eigenvalue weighted by Crippen LogP contribution is 2.26. The van der Waals surface area contributed by atoms with Crippen molar-refractivity contribution in [3.63, 3.8) is 0 Å². The van der Waals surface area contributed by atoms with Crippen LogP contribution in [0, 0.1) is 6.92 Å². The van der Waals surface area contributed by atoms with Gasteiger partial charge in [0.15, 0.2) is 0 Å². The quantitative estimate of drug-likeness (QED) is 0.722. The van der Waals surface area contributed by atoms with Crippen molar-refractivity contribution in [1.29, 1.82) is 0 Å². The van der Waals surface area contributed by atoms with Gasteiger partial charge in [0.2, 0.25) is 0 Å². The van der Waals surface area contributed by atoms with Crippen LogP contribution in [0.1, 0.15) is 30.4 Å². The number of hydrogen-bond donors (Lipinski definition) is 0. The summed E-state index contributed by atoms with van der Waals surface area (Å²) < 4.78 is 0. The van der Waals surface area contributed by atoms with Crippen molar-refractivity contribution in [2.24, 2.45) is 0 Å². The van der Waals surface area contributed by atoms with Crippen LogP contribution in [0.3, 0.4) is 0 Å². The number of alkyl halides is 1. The Labute approximate surface area is 109 Å². The largest absolute Gasteiger partial charge is 0.371 e. The van der Waals surface area contributed by atoms with Crippen molar-refractivity contribution in [3.8, 4) is 0 Å². The number of benzene rings is 1. The molecular formula is C13H19Cl2N. The SMILES string of the molecule is Cc1c(CCl)cccc1N1CCCCC1.Cl. The van der Waals surface area contributed by atoms with Gasteiger partial charge >= 0.3 is 0 Å². The van der Waals surface area contributed by atoms with E-state index in [1.807, 2.05) is 0 Å². The van der Waals surface area contributed by atoms with Gasteiger partial charge in [-0.05, 0) is 43.4 Å². The lowest BCUT2D eigenvalue weighted by Crippen LogP contribution is -2.30. The predicted octanol–water partition coefficient (Wildman–Crippen LogP) is 4.15. The molecule has 90 valence electrons. The first-order chi connectivity index (χ1) is 7.33. The van der Waals surface area contributed by atoms with Crippen LogP contribution in [0.4, 0.5) is 5.69 Å². The first kappa shape index (κ1) is 13.7. The normalized spacial score (nSPS) is 15.8. The lowest BCUT2D eigenvalue weighted by molar-refractivity contribution is 0.577. The topological polar surface area (TPSA) is 3.24 Å². The number of rotatable bonds is 2. The summed E-state index contributed by atoms with van der Waals surface area (Å²) in [6.45, 7) is 4.58. The fourth-order valence-electron chi connectivity index (χ4n) is 2.29. The molecule has 1 nitrogen and oxygen atoms in total. The fourth-order valence-corrected chi connectivity index (χ4v) is 2.58. The Balaban J connectivity index is 0.00000128. The van der Waals surface area contributed by atoms with Crippen LogP contribution in [-0.2, 0) is 5.88 Å². The molecule has 1 heterocycles. The smallest absolute Gasteiger partial charge is 0.0477 e. The molecule has 0 bridgehead atoms. The zero-order chi connectivity index (χ0) is 10.7. The van der Waals surface area contributed by atoms with Gasteiger partial charge in [-0.25, -0.2) is 0 Å². The lowest BCUT2D eigenvalue weighted by atomic mass is 10.0. The highest BCUT2D eigenvalue weighted by molar-refractivity contribution is 6.17. The van der Waals surface area contributed by atoms with Gasteiger partial charge in [-0.2, -0.15) is 0 Å². The third-order valence-corrected chi connectivity index (χ3v) is 3.55. The molecule has 1 aliphatic rings. The zero-order valence-corrected chi connectivity index (χ0v) is 11.3. The average Bonchev–Trinajstić information content (AvgIpc) is 2.30. The van der Waals surface area contributed by atoms with E-state index >= 15 is 0 Å². The van der Waals surface area contributed by atoms with Gasteiger partial charge in [-0.15, -0.1) is 24.0 Å². The molecule has 0 amide bonds. The summed E-state index contributed by atoms with van der Waals surface area (Å²) in [5.41, 5.74) is 4.00. The summed E-state index contributed by atoms with van der Waals surface area (Å²) in [5, 5.41) is 0. The van der Waals surface area contributed by atoms with Crippen molar-refractivity contribution in [3.05, 3.63) is 29.3 Å². The van der Waals surface area contributed by atoms with E-state index in [-0.39, 0.29) is 12.4 Å².